The van der Waals surface area contributed by atoms with Crippen molar-refractivity contribution < 1.29 is 9.90 Å². The van der Waals surface area contributed by atoms with E-state index in [1.165, 1.54) is 17.0 Å². The highest BCUT2D eigenvalue weighted by atomic mass is 32.1. The summed E-state index contributed by atoms with van der Waals surface area (Å²) in [5, 5.41) is 8.78. The lowest BCUT2D eigenvalue weighted by Crippen LogP contribution is -1.95. The fraction of sp³-hybridized carbons (Fsp3) is 0.333. The van der Waals surface area contributed by atoms with Crippen LogP contribution in [0.1, 0.15) is 27.5 Å². The fourth-order valence-corrected chi connectivity index (χ4v) is 3.10. The van der Waals surface area contributed by atoms with Gasteiger partial charge in [0, 0.05) is 16.8 Å². The van der Waals surface area contributed by atoms with Gasteiger partial charge < -0.3 is 5.11 Å². The van der Waals surface area contributed by atoms with Crippen LogP contribution in [0.3, 0.4) is 0 Å². The largest absolute Gasteiger partial charge is 0.476 e. The number of carbonyl (C=O) groups is 1. The molecular weight excluding hydrogens is 200 g/mol. The molecule has 1 aliphatic carbocycles. The maximum atomic E-state index is 10.7. The molecule has 2 aromatic heterocycles. The maximum absolute atomic E-state index is 10.7. The molecule has 0 bridgehead atoms. The van der Waals surface area contributed by atoms with E-state index in [1.54, 1.807) is 17.5 Å². The number of carboxylic acid groups (broad SMARTS) is 1. The van der Waals surface area contributed by atoms with E-state index in [0.717, 1.165) is 17.8 Å². The van der Waals surface area contributed by atoms with Crippen LogP contribution in [0.4, 0.5) is 0 Å². The van der Waals surface area contributed by atoms with Crippen molar-refractivity contribution in [2.45, 2.75) is 19.3 Å². The molecule has 0 aliphatic heterocycles. The molecular formula is C9H8N2O2S. The van der Waals surface area contributed by atoms with Crippen molar-refractivity contribution in [1.29, 1.82) is 0 Å². The number of thiazole rings is 1. The number of hydrogen-bond donors (Lipinski definition) is 1. The second kappa shape index (κ2) is 2.57. The summed E-state index contributed by atoms with van der Waals surface area (Å²) in [4.78, 5) is 16.9. The molecule has 0 spiro atoms. The fourth-order valence-electron chi connectivity index (χ4n) is 1.91. The molecule has 0 amide bonds. The van der Waals surface area contributed by atoms with Crippen molar-refractivity contribution in [2.75, 3.05) is 0 Å². The molecule has 0 fully saturated rings. The van der Waals surface area contributed by atoms with E-state index in [1.807, 2.05) is 4.40 Å². The summed E-state index contributed by atoms with van der Waals surface area (Å²) in [5.74, 6) is -0.951. The number of aromatic carboxylic acids is 1. The van der Waals surface area contributed by atoms with Crippen LogP contribution >= 0.6 is 11.3 Å². The van der Waals surface area contributed by atoms with Gasteiger partial charge in [-0.25, -0.2) is 9.78 Å². The Hall–Kier alpha value is -1.36. The molecule has 0 radical (unpaired) electrons. The molecule has 3 rings (SSSR count). The van der Waals surface area contributed by atoms with E-state index >= 15 is 0 Å². The number of carboxylic acids is 1. The average Bonchev–Trinajstić information content (AvgIpc) is 2.70. The number of rotatable bonds is 1. The number of aromatic nitrogens is 2. The van der Waals surface area contributed by atoms with E-state index < -0.39 is 5.97 Å². The third-order valence-electron chi connectivity index (χ3n) is 2.54. The minimum absolute atomic E-state index is 0.144. The van der Waals surface area contributed by atoms with Gasteiger partial charge in [-0.2, -0.15) is 0 Å². The summed E-state index contributed by atoms with van der Waals surface area (Å²) >= 11 is 1.61. The van der Waals surface area contributed by atoms with Crippen molar-refractivity contribution in [3.05, 3.63) is 22.5 Å². The van der Waals surface area contributed by atoms with Crippen molar-refractivity contribution >= 4 is 22.3 Å². The van der Waals surface area contributed by atoms with Gasteiger partial charge in [-0.1, -0.05) is 0 Å². The molecule has 2 heterocycles. The minimum Gasteiger partial charge on any atom is -0.476 e. The van der Waals surface area contributed by atoms with Gasteiger partial charge in [0.2, 0.25) is 0 Å². The first-order valence-electron chi connectivity index (χ1n) is 4.48. The molecule has 1 aliphatic rings. The lowest BCUT2D eigenvalue weighted by Gasteiger charge is -1.89. The minimum atomic E-state index is -0.951. The first-order chi connectivity index (χ1) is 6.75. The molecule has 4 nitrogen and oxygen atoms in total. The van der Waals surface area contributed by atoms with Gasteiger partial charge in [0.25, 0.3) is 0 Å². The maximum Gasteiger partial charge on any atom is 0.356 e. The van der Waals surface area contributed by atoms with Gasteiger partial charge in [0.15, 0.2) is 10.7 Å². The quantitative estimate of drug-likeness (QED) is 0.774. The summed E-state index contributed by atoms with van der Waals surface area (Å²) in [5.41, 5.74) is 1.40. The Morgan fingerprint density at radius 3 is 3.21 bits per heavy atom. The van der Waals surface area contributed by atoms with Crippen LogP contribution in [0.2, 0.25) is 0 Å². The van der Waals surface area contributed by atoms with Gasteiger partial charge >= 0.3 is 5.97 Å². The smallest absolute Gasteiger partial charge is 0.356 e. The van der Waals surface area contributed by atoms with Crippen LogP contribution in [0, 0.1) is 0 Å². The molecule has 0 saturated heterocycles. The molecule has 0 atom stereocenters. The van der Waals surface area contributed by atoms with Gasteiger partial charge in [-0.15, -0.1) is 11.3 Å². The van der Waals surface area contributed by atoms with Gasteiger partial charge in [0.05, 0.1) is 0 Å². The third-order valence-corrected chi connectivity index (χ3v) is 3.69. The molecule has 0 unspecified atom stereocenters. The van der Waals surface area contributed by atoms with Crippen LogP contribution in [-0.4, -0.2) is 20.5 Å². The van der Waals surface area contributed by atoms with Crippen molar-refractivity contribution in [1.82, 2.24) is 9.38 Å². The van der Waals surface area contributed by atoms with E-state index in [4.69, 9.17) is 5.11 Å². The summed E-state index contributed by atoms with van der Waals surface area (Å²) in [6, 6.07) is 0. The SMILES string of the molecule is O=C(O)c1cn2c3c(sc2n1)CCC3. The highest BCUT2D eigenvalue weighted by molar-refractivity contribution is 7.17. The molecule has 14 heavy (non-hydrogen) atoms. The highest BCUT2D eigenvalue weighted by Gasteiger charge is 2.20. The molecule has 5 heteroatoms. The van der Waals surface area contributed by atoms with Crippen LogP contribution in [-0.2, 0) is 12.8 Å². The van der Waals surface area contributed by atoms with Crippen molar-refractivity contribution in [2.24, 2.45) is 0 Å². The molecule has 72 valence electrons. The number of nitrogens with zero attached hydrogens (tertiary/aromatic N) is 2. The first kappa shape index (κ1) is 7.99. The number of fused-ring (bicyclic) bond motifs is 3. The summed E-state index contributed by atoms with van der Waals surface area (Å²) < 4.78 is 1.93. The lowest BCUT2D eigenvalue weighted by atomic mass is 10.4. The van der Waals surface area contributed by atoms with Crippen molar-refractivity contribution in [3.63, 3.8) is 0 Å². The first-order valence-corrected chi connectivity index (χ1v) is 5.30. The Labute approximate surface area is 83.8 Å². The zero-order valence-corrected chi connectivity index (χ0v) is 8.17. The lowest BCUT2D eigenvalue weighted by molar-refractivity contribution is 0.0691. The van der Waals surface area contributed by atoms with Gasteiger partial charge in [-0.05, 0) is 19.3 Å². The Bertz CT molecular complexity index is 526. The number of hydrogen-bond acceptors (Lipinski definition) is 3. The van der Waals surface area contributed by atoms with Crippen LogP contribution in [0.25, 0.3) is 4.96 Å². The molecule has 1 N–H and O–H groups in total. The van der Waals surface area contributed by atoms with E-state index in [2.05, 4.69) is 4.98 Å². The third kappa shape index (κ3) is 0.928. The van der Waals surface area contributed by atoms with Crippen LogP contribution in [0.15, 0.2) is 6.20 Å². The van der Waals surface area contributed by atoms with E-state index in [-0.39, 0.29) is 5.69 Å². The average molecular weight is 208 g/mol. The predicted octanol–water partition coefficient (Wildman–Crippen LogP) is 1.58. The second-order valence-electron chi connectivity index (χ2n) is 3.41. The highest BCUT2D eigenvalue weighted by Crippen LogP contribution is 2.30. The Morgan fingerprint density at radius 1 is 1.57 bits per heavy atom. The topological polar surface area (TPSA) is 54.6 Å². The van der Waals surface area contributed by atoms with Crippen LogP contribution < -0.4 is 0 Å². The normalized spacial score (nSPS) is 14.9. The summed E-state index contributed by atoms with van der Waals surface area (Å²) in [6.45, 7) is 0. The number of imidazole rings is 1. The standard InChI is InChI=1S/C9H8N2O2S/c12-8(13)5-4-11-6-2-1-3-7(6)14-9(11)10-5/h4H,1-3H2,(H,12,13). The molecule has 0 aromatic carbocycles. The molecule has 2 aromatic rings. The Balaban J connectivity index is 2.26. The number of aryl methyl sites for hydroxylation is 2. The van der Waals surface area contributed by atoms with Crippen LogP contribution in [0.5, 0.6) is 0 Å². The van der Waals surface area contributed by atoms with E-state index in [0.29, 0.717) is 0 Å². The zero-order valence-electron chi connectivity index (χ0n) is 7.36. The zero-order chi connectivity index (χ0) is 9.71. The second-order valence-corrected chi connectivity index (χ2v) is 4.47. The molecule has 0 saturated carbocycles. The Morgan fingerprint density at radius 2 is 2.43 bits per heavy atom. The van der Waals surface area contributed by atoms with E-state index in [9.17, 15) is 4.79 Å². The van der Waals surface area contributed by atoms with Gasteiger partial charge in [0.1, 0.15) is 0 Å². The predicted molar refractivity (Wildman–Crippen MR) is 52.1 cm³/mol. The summed E-state index contributed by atoms with van der Waals surface area (Å²) in [6.07, 6.45) is 4.96. The summed E-state index contributed by atoms with van der Waals surface area (Å²) in [7, 11) is 0. The monoisotopic (exact) mass is 208 g/mol. The van der Waals surface area contributed by atoms with Gasteiger partial charge in [-0.3, -0.25) is 4.40 Å². The van der Waals surface area contributed by atoms with Crippen molar-refractivity contribution in [3.8, 4) is 0 Å². The Kier molecular flexibility index (Phi) is 1.47.